The number of anilines is 1. The van der Waals surface area contributed by atoms with E-state index in [0.29, 0.717) is 12.0 Å². The smallest absolute Gasteiger partial charge is 0.336 e. The first-order valence-electron chi connectivity index (χ1n) is 5.79. The molecule has 3 heteroatoms. The Labute approximate surface area is 106 Å². The molecule has 0 spiro atoms. The fourth-order valence-electron chi connectivity index (χ4n) is 2.01. The van der Waals surface area contributed by atoms with Crippen molar-refractivity contribution >= 4 is 11.7 Å². The minimum absolute atomic E-state index is 0.353. The van der Waals surface area contributed by atoms with Gasteiger partial charge in [-0.15, -0.1) is 0 Å². The minimum atomic E-state index is -0.891. The molecule has 2 N–H and O–H groups in total. The zero-order valence-corrected chi connectivity index (χ0v) is 10.2. The topological polar surface area (TPSA) is 49.3 Å². The Morgan fingerprint density at radius 1 is 1.11 bits per heavy atom. The van der Waals surface area contributed by atoms with Gasteiger partial charge in [0.25, 0.3) is 0 Å². The third-order valence-electron chi connectivity index (χ3n) is 2.90. The summed E-state index contributed by atoms with van der Waals surface area (Å²) >= 11 is 0. The van der Waals surface area contributed by atoms with E-state index in [1.807, 2.05) is 36.4 Å². The average molecular weight is 241 g/mol. The number of nitrogens with one attached hydrogen (secondary N) is 1. The third-order valence-corrected chi connectivity index (χ3v) is 2.90. The number of rotatable bonds is 4. The minimum Gasteiger partial charge on any atom is -0.478 e. The van der Waals surface area contributed by atoms with E-state index in [0.717, 1.165) is 16.8 Å². The van der Waals surface area contributed by atoms with Crippen molar-refractivity contribution in [1.29, 1.82) is 0 Å². The molecule has 3 nitrogen and oxygen atoms in total. The number of carboxylic acid groups (broad SMARTS) is 1. The van der Waals surface area contributed by atoms with Crippen LogP contribution in [0.25, 0.3) is 0 Å². The van der Waals surface area contributed by atoms with Gasteiger partial charge in [0.2, 0.25) is 0 Å². The highest BCUT2D eigenvalue weighted by Gasteiger charge is 2.13. The molecule has 0 aliphatic rings. The summed E-state index contributed by atoms with van der Waals surface area (Å²) < 4.78 is 0. The van der Waals surface area contributed by atoms with Crippen molar-refractivity contribution in [2.75, 3.05) is 12.4 Å². The molecule has 0 atom stereocenters. The van der Waals surface area contributed by atoms with E-state index in [-0.39, 0.29) is 0 Å². The quantitative estimate of drug-likeness (QED) is 0.865. The number of benzene rings is 2. The monoisotopic (exact) mass is 241 g/mol. The predicted octanol–water partition coefficient (Wildman–Crippen LogP) is 3.02. The molecule has 0 fully saturated rings. The highest BCUT2D eigenvalue weighted by molar-refractivity contribution is 5.91. The maximum absolute atomic E-state index is 11.3. The van der Waals surface area contributed by atoms with Crippen LogP contribution in [0.4, 0.5) is 5.69 Å². The van der Waals surface area contributed by atoms with E-state index >= 15 is 0 Å². The molecular weight excluding hydrogens is 226 g/mol. The van der Waals surface area contributed by atoms with Crippen molar-refractivity contribution in [2.24, 2.45) is 0 Å². The largest absolute Gasteiger partial charge is 0.478 e. The Balaban J connectivity index is 2.44. The van der Waals surface area contributed by atoms with Gasteiger partial charge in [-0.2, -0.15) is 0 Å². The van der Waals surface area contributed by atoms with Gasteiger partial charge in [0, 0.05) is 19.2 Å². The summed E-state index contributed by atoms with van der Waals surface area (Å²) in [5.41, 5.74) is 3.13. The standard InChI is InChI=1S/C15H15NO2/c1-16-14-9-5-8-12(15(17)18)13(14)10-11-6-3-2-4-7-11/h2-9,16H,10H2,1H3,(H,17,18). The van der Waals surface area contributed by atoms with E-state index in [9.17, 15) is 9.90 Å². The average Bonchev–Trinajstić information content (AvgIpc) is 2.40. The molecular formula is C15H15NO2. The molecule has 18 heavy (non-hydrogen) atoms. The van der Waals surface area contributed by atoms with Crippen LogP contribution in [0.15, 0.2) is 48.5 Å². The fourth-order valence-corrected chi connectivity index (χ4v) is 2.01. The Morgan fingerprint density at radius 3 is 2.44 bits per heavy atom. The Morgan fingerprint density at radius 2 is 1.83 bits per heavy atom. The van der Waals surface area contributed by atoms with E-state index in [2.05, 4.69) is 5.32 Å². The van der Waals surface area contributed by atoms with E-state index in [1.54, 1.807) is 19.2 Å². The molecule has 0 saturated heterocycles. The van der Waals surface area contributed by atoms with Gasteiger partial charge in [0.05, 0.1) is 5.56 Å². The van der Waals surface area contributed by atoms with E-state index < -0.39 is 5.97 Å². The predicted molar refractivity (Wildman–Crippen MR) is 72.2 cm³/mol. The molecule has 0 amide bonds. The van der Waals surface area contributed by atoms with Crippen LogP contribution in [-0.4, -0.2) is 18.1 Å². The lowest BCUT2D eigenvalue weighted by molar-refractivity contribution is 0.0696. The van der Waals surface area contributed by atoms with Crippen LogP contribution >= 0.6 is 0 Å². The summed E-state index contributed by atoms with van der Waals surface area (Å²) in [7, 11) is 1.80. The third kappa shape index (κ3) is 2.51. The summed E-state index contributed by atoms with van der Waals surface area (Å²) in [5, 5.41) is 12.3. The molecule has 0 radical (unpaired) electrons. The zero-order chi connectivity index (χ0) is 13.0. The molecule has 2 aromatic rings. The van der Waals surface area contributed by atoms with Gasteiger partial charge < -0.3 is 10.4 Å². The molecule has 0 aliphatic heterocycles. The van der Waals surface area contributed by atoms with Crippen molar-refractivity contribution in [2.45, 2.75) is 6.42 Å². The van der Waals surface area contributed by atoms with Crippen molar-refractivity contribution in [3.05, 3.63) is 65.2 Å². The number of aromatic carboxylic acids is 1. The molecule has 0 saturated carbocycles. The maximum atomic E-state index is 11.3. The Kier molecular flexibility index (Phi) is 3.63. The summed E-state index contributed by atoms with van der Waals surface area (Å²) in [6.45, 7) is 0. The number of carbonyl (C=O) groups is 1. The fraction of sp³-hybridized carbons (Fsp3) is 0.133. The first kappa shape index (κ1) is 12.2. The van der Waals surface area contributed by atoms with Crippen molar-refractivity contribution in [3.8, 4) is 0 Å². The van der Waals surface area contributed by atoms with Crippen LogP contribution in [0.2, 0.25) is 0 Å². The van der Waals surface area contributed by atoms with Gasteiger partial charge in [-0.05, 0) is 23.3 Å². The molecule has 0 bridgehead atoms. The van der Waals surface area contributed by atoms with Crippen molar-refractivity contribution < 1.29 is 9.90 Å². The Bertz CT molecular complexity index is 550. The van der Waals surface area contributed by atoms with Gasteiger partial charge in [0.15, 0.2) is 0 Å². The van der Waals surface area contributed by atoms with Crippen molar-refractivity contribution in [3.63, 3.8) is 0 Å². The number of hydrogen-bond acceptors (Lipinski definition) is 2. The first-order valence-corrected chi connectivity index (χ1v) is 5.79. The zero-order valence-electron chi connectivity index (χ0n) is 10.2. The van der Waals surface area contributed by atoms with E-state index in [4.69, 9.17) is 0 Å². The normalized spacial score (nSPS) is 10.1. The van der Waals surface area contributed by atoms with Crippen LogP contribution in [0.1, 0.15) is 21.5 Å². The summed E-state index contributed by atoms with van der Waals surface area (Å²) in [6.07, 6.45) is 0.611. The second-order valence-electron chi connectivity index (χ2n) is 4.05. The second kappa shape index (κ2) is 5.36. The maximum Gasteiger partial charge on any atom is 0.336 e. The first-order chi connectivity index (χ1) is 8.72. The molecule has 0 unspecified atom stereocenters. The van der Waals surface area contributed by atoms with Crippen LogP contribution in [0, 0.1) is 0 Å². The summed E-state index contributed by atoms with van der Waals surface area (Å²) in [4.78, 5) is 11.3. The molecule has 92 valence electrons. The number of hydrogen-bond donors (Lipinski definition) is 2. The number of carboxylic acids is 1. The Hall–Kier alpha value is -2.29. The SMILES string of the molecule is CNc1cccc(C(=O)O)c1Cc1ccccc1. The second-order valence-corrected chi connectivity index (χ2v) is 4.05. The van der Waals surface area contributed by atoms with Gasteiger partial charge >= 0.3 is 5.97 Å². The lowest BCUT2D eigenvalue weighted by Gasteiger charge is -2.12. The lowest BCUT2D eigenvalue weighted by atomic mass is 9.98. The van der Waals surface area contributed by atoms with Gasteiger partial charge in [0.1, 0.15) is 0 Å². The van der Waals surface area contributed by atoms with Gasteiger partial charge in [-0.1, -0.05) is 36.4 Å². The van der Waals surface area contributed by atoms with Gasteiger partial charge in [-0.3, -0.25) is 0 Å². The summed E-state index contributed by atoms with van der Waals surface area (Å²) in [6, 6.07) is 15.1. The molecule has 0 aromatic heterocycles. The van der Waals surface area contributed by atoms with Crippen molar-refractivity contribution in [1.82, 2.24) is 0 Å². The summed E-state index contributed by atoms with van der Waals surface area (Å²) in [5.74, 6) is -0.891. The molecule has 0 aliphatic carbocycles. The van der Waals surface area contributed by atoms with Crippen LogP contribution < -0.4 is 5.32 Å². The van der Waals surface area contributed by atoms with Gasteiger partial charge in [-0.25, -0.2) is 4.79 Å². The molecule has 2 rings (SSSR count). The lowest BCUT2D eigenvalue weighted by Crippen LogP contribution is -2.06. The molecule has 2 aromatic carbocycles. The van der Waals surface area contributed by atoms with E-state index in [1.165, 1.54) is 0 Å². The highest BCUT2D eigenvalue weighted by Crippen LogP contribution is 2.23. The van der Waals surface area contributed by atoms with Crippen LogP contribution in [0.3, 0.4) is 0 Å². The highest BCUT2D eigenvalue weighted by atomic mass is 16.4. The van der Waals surface area contributed by atoms with Crippen LogP contribution in [0.5, 0.6) is 0 Å². The molecule has 0 heterocycles. The van der Waals surface area contributed by atoms with Crippen LogP contribution in [-0.2, 0) is 6.42 Å².